The van der Waals surface area contributed by atoms with Crippen LogP contribution in [-0.2, 0) is 16.0 Å². The van der Waals surface area contributed by atoms with E-state index < -0.39 is 23.5 Å². The minimum absolute atomic E-state index is 0.169. The lowest BCUT2D eigenvalue weighted by atomic mass is 10.1. The number of hydrogen-bond acceptors (Lipinski definition) is 5. The summed E-state index contributed by atoms with van der Waals surface area (Å²) in [5, 5.41) is 12.6. The van der Waals surface area contributed by atoms with Gasteiger partial charge in [0.15, 0.2) is 6.61 Å². The molecule has 0 aliphatic rings. The summed E-state index contributed by atoms with van der Waals surface area (Å²) in [6, 6.07) is 14.3. The van der Waals surface area contributed by atoms with Gasteiger partial charge in [-0.25, -0.2) is 9.59 Å². The molecule has 0 aliphatic heterocycles. The van der Waals surface area contributed by atoms with E-state index in [-0.39, 0.29) is 13.0 Å². The van der Waals surface area contributed by atoms with E-state index >= 15 is 0 Å². The van der Waals surface area contributed by atoms with E-state index in [0.29, 0.717) is 11.3 Å². The molecule has 0 radical (unpaired) electrons. The number of benzene rings is 2. The van der Waals surface area contributed by atoms with Crippen LogP contribution in [0.5, 0.6) is 5.75 Å². The third-order valence-electron chi connectivity index (χ3n) is 4.21. The molecule has 3 rings (SSSR count). The fourth-order valence-corrected chi connectivity index (χ4v) is 2.83. The van der Waals surface area contributed by atoms with Crippen molar-refractivity contribution in [2.24, 2.45) is 0 Å². The van der Waals surface area contributed by atoms with Gasteiger partial charge in [-0.1, -0.05) is 30.3 Å². The van der Waals surface area contributed by atoms with Crippen molar-refractivity contribution in [3.05, 3.63) is 76.1 Å². The summed E-state index contributed by atoms with van der Waals surface area (Å²) < 4.78 is 10.6. The molecule has 1 atom stereocenters. The van der Waals surface area contributed by atoms with E-state index in [9.17, 15) is 19.5 Å². The molecule has 0 fully saturated rings. The number of aryl methyl sites for hydroxylation is 1. The van der Waals surface area contributed by atoms with Crippen molar-refractivity contribution in [1.82, 2.24) is 5.32 Å². The molecule has 1 heterocycles. The van der Waals surface area contributed by atoms with Crippen molar-refractivity contribution in [1.29, 1.82) is 0 Å². The van der Waals surface area contributed by atoms with E-state index in [2.05, 4.69) is 5.32 Å². The van der Waals surface area contributed by atoms with Crippen LogP contribution in [0.1, 0.15) is 11.1 Å². The van der Waals surface area contributed by atoms with Crippen LogP contribution in [0.25, 0.3) is 11.0 Å². The van der Waals surface area contributed by atoms with Crippen LogP contribution >= 0.6 is 0 Å². The summed E-state index contributed by atoms with van der Waals surface area (Å²) in [6.45, 7) is 1.44. The van der Waals surface area contributed by atoms with Gasteiger partial charge in [-0.05, 0) is 30.2 Å². The first-order chi connectivity index (χ1) is 13.4. The van der Waals surface area contributed by atoms with Crippen LogP contribution in [0.3, 0.4) is 0 Å². The van der Waals surface area contributed by atoms with Crippen LogP contribution < -0.4 is 15.7 Å². The van der Waals surface area contributed by atoms with Crippen LogP contribution in [0.2, 0.25) is 0 Å². The Hall–Kier alpha value is -3.61. The Morgan fingerprint density at radius 2 is 1.89 bits per heavy atom. The molecule has 0 saturated heterocycles. The number of carboxylic acid groups (broad SMARTS) is 1. The Kier molecular flexibility index (Phi) is 5.74. The Bertz CT molecular complexity index is 1060. The van der Waals surface area contributed by atoms with Crippen molar-refractivity contribution >= 4 is 22.8 Å². The lowest BCUT2D eigenvalue weighted by molar-refractivity contribution is -0.142. The van der Waals surface area contributed by atoms with Crippen LogP contribution in [-0.4, -0.2) is 29.6 Å². The van der Waals surface area contributed by atoms with Crippen LogP contribution in [0, 0.1) is 6.92 Å². The molecule has 0 aliphatic carbocycles. The fraction of sp³-hybridized carbons (Fsp3) is 0.190. The van der Waals surface area contributed by atoms with E-state index in [1.54, 1.807) is 43.3 Å². The van der Waals surface area contributed by atoms with Gasteiger partial charge in [0.25, 0.3) is 5.91 Å². The third kappa shape index (κ3) is 4.76. The molecule has 2 N–H and O–H groups in total. The molecular weight excluding hydrogens is 362 g/mol. The van der Waals surface area contributed by atoms with Gasteiger partial charge in [0.05, 0.1) is 0 Å². The summed E-state index contributed by atoms with van der Waals surface area (Å²) in [4.78, 5) is 35.0. The van der Waals surface area contributed by atoms with Crippen molar-refractivity contribution in [3.63, 3.8) is 0 Å². The standard InChI is InChI=1S/C21H19NO6/c1-13-9-20(24)28-18-11-15(7-8-16(13)18)27-12-19(23)22-17(21(25)26)10-14-5-3-2-4-6-14/h2-9,11,17H,10,12H2,1H3,(H,22,23)(H,25,26). The molecule has 0 bridgehead atoms. The zero-order valence-electron chi connectivity index (χ0n) is 15.2. The number of carbonyl (C=O) groups is 2. The Morgan fingerprint density at radius 1 is 1.14 bits per heavy atom. The first-order valence-electron chi connectivity index (χ1n) is 8.66. The molecule has 1 unspecified atom stereocenters. The Labute approximate surface area is 160 Å². The topological polar surface area (TPSA) is 106 Å². The van der Waals surface area contributed by atoms with Gasteiger partial charge in [0.1, 0.15) is 17.4 Å². The SMILES string of the molecule is Cc1cc(=O)oc2cc(OCC(=O)NC(Cc3ccccc3)C(=O)O)ccc12. The smallest absolute Gasteiger partial charge is 0.336 e. The first-order valence-corrected chi connectivity index (χ1v) is 8.66. The van der Waals surface area contributed by atoms with Gasteiger partial charge in [-0.2, -0.15) is 0 Å². The molecular formula is C21H19NO6. The average Bonchev–Trinajstić information content (AvgIpc) is 2.66. The fourth-order valence-electron chi connectivity index (χ4n) is 2.83. The second-order valence-electron chi connectivity index (χ2n) is 6.34. The zero-order chi connectivity index (χ0) is 20.1. The van der Waals surface area contributed by atoms with Gasteiger partial charge in [0, 0.05) is 23.9 Å². The molecule has 28 heavy (non-hydrogen) atoms. The monoisotopic (exact) mass is 381 g/mol. The van der Waals surface area contributed by atoms with Gasteiger partial charge in [-0.15, -0.1) is 0 Å². The number of ether oxygens (including phenoxy) is 1. The average molecular weight is 381 g/mol. The van der Waals surface area contributed by atoms with E-state index in [1.807, 2.05) is 6.07 Å². The third-order valence-corrected chi connectivity index (χ3v) is 4.21. The first kappa shape index (κ1) is 19.2. The summed E-state index contributed by atoms with van der Waals surface area (Å²) in [7, 11) is 0. The van der Waals surface area contributed by atoms with Crippen LogP contribution in [0.15, 0.2) is 63.8 Å². The highest BCUT2D eigenvalue weighted by molar-refractivity contribution is 5.85. The van der Waals surface area contributed by atoms with E-state index in [4.69, 9.17) is 9.15 Å². The van der Waals surface area contributed by atoms with Crippen molar-refractivity contribution in [2.75, 3.05) is 6.61 Å². The summed E-state index contributed by atoms with van der Waals surface area (Å²) >= 11 is 0. The van der Waals surface area contributed by atoms with Gasteiger partial charge in [0.2, 0.25) is 0 Å². The normalized spacial score (nSPS) is 11.8. The molecule has 144 valence electrons. The molecule has 0 spiro atoms. The molecule has 0 saturated carbocycles. The second kappa shape index (κ2) is 8.39. The summed E-state index contributed by atoms with van der Waals surface area (Å²) in [5.41, 5.74) is 1.47. The molecule has 7 heteroatoms. The molecule has 1 aromatic heterocycles. The number of hydrogen-bond donors (Lipinski definition) is 2. The van der Waals surface area contributed by atoms with Gasteiger partial charge in [-0.3, -0.25) is 4.79 Å². The van der Waals surface area contributed by atoms with Crippen molar-refractivity contribution < 1.29 is 23.8 Å². The highest BCUT2D eigenvalue weighted by atomic mass is 16.5. The van der Waals surface area contributed by atoms with E-state index in [0.717, 1.165) is 16.5 Å². The molecule has 1 amide bonds. The number of fused-ring (bicyclic) bond motifs is 1. The van der Waals surface area contributed by atoms with Crippen LogP contribution in [0.4, 0.5) is 0 Å². The van der Waals surface area contributed by atoms with E-state index in [1.165, 1.54) is 12.1 Å². The number of nitrogens with one attached hydrogen (secondary N) is 1. The molecule has 7 nitrogen and oxygen atoms in total. The lowest BCUT2D eigenvalue weighted by Crippen LogP contribution is -2.44. The minimum atomic E-state index is -1.12. The molecule has 2 aromatic carbocycles. The molecule has 3 aromatic rings. The summed E-state index contributed by atoms with van der Waals surface area (Å²) in [6.07, 6.45) is 0.169. The highest BCUT2D eigenvalue weighted by Crippen LogP contribution is 2.22. The van der Waals surface area contributed by atoms with Gasteiger partial charge < -0.3 is 19.6 Å². The maximum absolute atomic E-state index is 12.1. The van der Waals surface area contributed by atoms with Crippen molar-refractivity contribution in [2.45, 2.75) is 19.4 Å². The number of amides is 1. The zero-order valence-corrected chi connectivity index (χ0v) is 15.2. The lowest BCUT2D eigenvalue weighted by Gasteiger charge is -2.15. The maximum atomic E-state index is 12.1. The second-order valence-corrected chi connectivity index (χ2v) is 6.34. The predicted octanol–water partition coefficient (Wildman–Crippen LogP) is 2.29. The number of carboxylic acids is 1. The highest BCUT2D eigenvalue weighted by Gasteiger charge is 2.20. The Morgan fingerprint density at radius 3 is 2.61 bits per heavy atom. The Balaban J connectivity index is 1.63. The number of rotatable bonds is 7. The minimum Gasteiger partial charge on any atom is -0.484 e. The maximum Gasteiger partial charge on any atom is 0.336 e. The summed E-state index contributed by atoms with van der Waals surface area (Å²) in [5.74, 6) is -1.35. The quantitative estimate of drug-likeness (QED) is 0.608. The van der Waals surface area contributed by atoms with Gasteiger partial charge >= 0.3 is 11.6 Å². The number of aliphatic carboxylic acids is 1. The predicted molar refractivity (Wildman–Crippen MR) is 102 cm³/mol. The largest absolute Gasteiger partial charge is 0.484 e. The van der Waals surface area contributed by atoms with Crippen molar-refractivity contribution in [3.8, 4) is 5.75 Å². The number of carbonyl (C=O) groups excluding carboxylic acids is 1.